The highest BCUT2D eigenvalue weighted by atomic mass is 19.1. The van der Waals surface area contributed by atoms with Gasteiger partial charge >= 0.3 is 0 Å². The maximum absolute atomic E-state index is 13.6. The lowest BCUT2D eigenvalue weighted by atomic mass is 10.2. The van der Waals surface area contributed by atoms with E-state index in [2.05, 4.69) is 16.0 Å². The summed E-state index contributed by atoms with van der Waals surface area (Å²) >= 11 is 0. The number of nitrogens with zero attached hydrogens (tertiary/aromatic N) is 1. The van der Waals surface area contributed by atoms with Crippen molar-refractivity contribution in [1.82, 2.24) is 0 Å². The first kappa shape index (κ1) is 18.8. The minimum absolute atomic E-state index is 0.00272. The summed E-state index contributed by atoms with van der Waals surface area (Å²) in [5, 5.41) is 18.6. The normalized spacial score (nSPS) is 10.1. The summed E-state index contributed by atoms with van der Waals surface area (Å²) in [6, 6.07) is 8.33. The van der Waals surface area contributed by atoms with E-state index in [-0.39, 0.29) is 17.9 Å². The summed E-state index contributed by atoms with van der Waals surface area (Å²) in [6.45, 7) is 2.72. The van der Waals surface area contributed by atoms with Gasteiger partial charge in [0.05, 0.1) is 17.2 Å². The molecule has 0 heterocycles. The molecule has 136 valence electrons. The summed E-state index contributed by atoms with van der Waals surface area (Å²) < 4.78 is 13.6. The molecule has 0 aromatic heterocycles. The predicted molar refractivity (Wildman–Crippen MR) is 95.7 cm³/mol. The van der Waals surface area contributed by atoms with Crippen LogP contribution >= 0.6 is 0 Å². The molecule has 2 aromatic rings. The molecule has 0 bridgehead atoms. The molecule has 0 radical (unpaired) electrons. The molecule has 0 atom stereocenters. The molecule has 2 amide bonds. The summed E-state index contributed by atoms with van der Waals surface area (Å²) in [4.78, 5) is 33.4. The molecule has 0 unspecified atom stereocenters. The van der Waals surface area contributed by atoms with Gasteiger partial charge in [0, 0.05) is 29.9 Å². The second kappa shape index (κ2) is 8.06. The first-order valence-electron chi connectivity index (χ1n) is 7.62. The van der Waals surface area contributed by atoms with Crippen LogP contribution in [-0.4, -0.2) is 23.3 Å². The lowest BCUT2D eigenvalue weighted by molar-refractivity contribution is -0.385. The Morgan fingerprint density at radius 3 is 2.46 bits per heavy atom. The number of nitro groups is 1. The molecule has 2 rings (SSSR count). The van der Waals surface area contributed by atoms with Gasteiger partial charge in [-0.1, -0.05) is 6.07 Å². The van der Waals surface area contributed by atoms with Gasteiger partial charge in [-0.2, -0.15) is 0 Å². The number of halogens is 1. The van der Waals surface area contributed by atoms with Crippen molar-refractivity contribution >= 4 is 34.6 Å². The maximum Gasteiger partial charge on any atom is 0.274 e. The minimum Gasteiger partial charge on any atom is -0.376 e. The molecule has 3 N–H and O–H groups in total. The van der Waals surface area contributed by atoms with Crippen molar-refractivity contribution in [2.45, 2.75) is 13.8 Å². The fourth-order valence-electron chi connectivity index (χ4n) is 2.19. The van der Waals surface area contributed by atoms with E-state index in [4.69, 9.17) is 0 Å². The van der Waals surface area contributed by atoms with E-state index in [1.807, 2.05) is 0 Å². The van der Waals surface area contributed by atoms with Crippen LogP contribution in [0.2, 0.25) is 0 Å². The van der Waals surface area contributed by atoms with Crippen LogP contribution in [0.1, 0.15) is 12.5 Å². The van der Waals surface area contributed by atoms with Gasteiger partial charge in [-0.15, -0.1) is 0 Å². The SMILES string of the molecule is CC(=O)Nc1cc(NCC(=O)Nc2ccc(C)c([N+](=O)[O-])c2)ccc1F. The Hall–Kier alpha value is -3.49. The number of anilines is 3. The second-order valence-electron chi connectivity index (χ2n) is 5.54. The first-order chi connectivity index (χ1) is 12.3. The molecule has 0 aliphatic carbocycles. The van der Waals surface area contributed by atoms with Crippen molar-refractivity contribution in [3.8, 4) is 0 Å². The van der Waals surface area contributed by atoms with Crippen molar-refractivity contribution in [3.63, 3.8) is 0 Å². The van der Waals surface area contributed by atoms with Crippen molar-refractivity contribution in [1.29, 1.82) is 0 Å². The number of nitrogens with one attached hydrogen (secondary N) is 3. The lowest BCUT2D eigenvalue weighted by Crippen LogP contribution is -2.22. The number of hydrogen-bond acceptors (Lipinski definition) is 5. The summed E-state index contributed by atoms with van der Waals surface area (Å²) in [7, 11) is 0. The van der Waals surface area contributed by atoms with Gasteiger partial charge in [-0.25, -0.2) is 4.39 Å². The van der Waals surface area contributed by atoms with Crippen LogP contribution in [0.3, 0.4) is 0 Å². The number of nitro benzene ring substituents is 1. The van der Waals surface area contributed by atoms with Crippen LogP contribution in [0.15, 0.2) is 36.4 Å². The van der Waals surface area contributed by atoms with Gasteiger partial charge in [-0.3, -0.25) is 19.7 Å². The number of carbonyl (C=O) groups is 2. The van der Waals surface area contributed by atoms with E-state index >= 15 is 0 Å². The third-order valence-corrected chi connectivity index (χ3v) is 3.42. The highest BCUT2D eigenvalue weighted by molar-refractivity contribution is 5.94. The van der Waals surface area contributed by atoms with Gasteiger partial charge in [-0.05, 0) is 31.2 Å². The smallest absolute Gasteiger partial charge is 0.274 e. The number of rotatable bonds is 6. The third kappa shape index (κ3) is 5.00. The average Bonchev–Trinajstić information content (AvgIpc) is 2.56. The Morgan fingerprint density at radius 2 is 1.81 bits per heavy atom. The minimum atomic E-state index is -0.595. The Bertz CT molecular complexity index is 870. The van der Waals surface area contributed by atoms with E-state index in [1.54, 1.807) is 19.1 Å². The van der Waals surface area contributed by atoms with Crippen molar-refractivity contribution in [3.05, 3.63) is 57.9 Å². The van der Waals surface area contributed by atoms with E-state index in [1.165, 1.54) is 25.1 Å². The number of benzene rings is 2. The van der Waals surface area contributed by atoms with Crippen LogP contribution in [0.4, 0.5) is 27.1 Å². The zero-order chi connectivity index (χ0) is 19.3. The number of aryl methyl sites for hydroxylation is 1. The molecule has 0 fully saturated rings. The first-order valence-corrected chi connectivity index (χ1v) is 7.62. The lowest BCUT2D eigenvalue weighted by Gasteiger charge is -2.10. The number of carbonyl (C=O) groups excluding carboxylic acids is 2. The maximum atomic E-state index is 13.6. The number of amides is 2. The van der Waals surface area contributed by atoms with Gasteiger partial charge in [0.2, 0.25) is 11.8 Å². The molecule has 8 nitrogen and oxygen atoms in total. The largest absolute Gasteiger partial charge is 0.376 e. The van der Waals surface area contributed by atoms with Gasteiger partial charge < -0.3 is 16.0 Å². The Morgan fingerprint density at radius 1 is 1.12 bits per heavy atom. The van der Waals surface area contributed by atoms with Gasteiger partial charge in [0.1, 0.15) is 5.82 Å². The Kier molecular flexibility index (Phi) is 5.84. The van der Waals surface area contributed by atoms with Crippen LogP contribution < -0.4 is 16.0 Å². The predicted octanol–water partition coefficient (Wildman–Crippen LogP) is 3.05. The molecule has 2 aromatic carbocycles. The van der Waals surface area contributed by atoms with E-state index in [0.717, 1.165) is 6.07 Å². The molecule has 0 aliphatic rings. The van der Waals surface area contributed by atoms with Crippen molar-refractivity contribution in [2.75, 3.05) is 22.5 Å². The number of hydrogen-bond donors (Lipinski definition) is 3. The molecular formula is C17H17FN4O4. The van der Waals surface area contributed by atoms with Crippen molar-refractivity contribution in [2.24, 2.45) is 0 Å². The summed E-state index contributed by atoms with van der Waals surface area (Å²) in [6.07, 6.45) is 0. The van der Waals surface area contributed by atoms with Gasteiger partial charge in [0.25, 0.3) is 5.69 Å². The molecule has 0 spiro atoms. The standard InChI is InChI=1S/C17H17FN4O4/c1-10-3-4-13(8-16(10)22(25)26)21-17(24)9-19-12-5-6-14(18)15(7-12)20-11(2)23/h3-8,19H,9H2,1-2H3,(H,20,23)(H,21,24). The monoisotopic (exact) mass is 360 g/mol. The Labute approximate surface area is 148 Å². The van der Waals surface area contributed by atoms with E-state index in [0.29, 0.717) is 16.9 Å². The van der Waals surface area contributed by atoms with E-state index in [9.17, 15) is 24.1 Å². The molecule has 0 aliphatic heterocycles. The summed E-state index contributed by atoms with van der Waals surface area (Å²) in [5.41, 5.74) is 1.13. The molecule has 9 heteroatoms. The van der Waals surface area contributed by atoms with Crippen LogP contribution in [0, 0.1) is 22.9 Å². The van der Waals surface area contributed by atoms with Crippen LogP contribution in [-0.2, 0) is 9.59 Å². The quantitative estimate of drug-likeness (QED) is 0.541. The fourth-order valence-corrected chi connectivity index (χ4v) is 2.19. The van der Waals surface area contributed by atoms with Gasteiger partial charge in [0.15, 0.2) is 0 Å². The Balaban J connectivity index is 2.00. The topological polar surface area (TPSA) is 113 Å². The van der Waals surface area contributed by atoms with E-state index < -0.39 is 22.6 Å². The fraction of sp³-hybridized carbons (Fsp3) is 0.176. The molecule has 26 heavy (non-hydrogen) atoms. The molecule has 0 saturated carbocycles. The molecule has 0 saturated heterocycles. The zero-order valence-corrected chi connectivity index (χ0v) is 14.1. The molecular weight excluding hydrogens is 343 g/mol. The second-order valence-corrected chi connectivity index (χ2v) is 5.54. The van der Waals surface area contributed by atoms with Crippen LogP contribution in [0.5, 0.6) is 0 Å². The average molecular weight is 360 g/mol. The summed E-state index contributed by atoms with van der Waals surface area (Å²) in [5.74, 6) is -1.45. The highest BCUT2D eigenvalue weighted by Crippen LogP contribution is 2.22. The zero-order valence-electron chi connectivity index (χ0n) is 14.1. The third-order valence-electron chi connectivity index (χ3n) is 3.42. The highest BCUT2D eigenvalue weighted by Gasteiger charge is 2.12. The van der Waals surface area contributed by atoms with Crippen LogP contribution in [0.25, 0.3) is 0 Å². The van der Waals surface area contributed by atoms with Crippen molar-refractivity contribution < 1.29 is 18.9 Å².